The Hall–Kier alpha value is -1.92. The third-order valence-electron chi connectivity index (χ3n) is 5.42. The van der Waals surface area contributed by atoms with E-state index in [4.69, 9.17) is 0 Å². The van der Waals surface area contributed by atoms with E-state index >= 15 is 0 Å². The van der Waals surface area contributed by atoms with Gasteiger partial charge in [0.1, 0.15) is 12.1 Å². The molecule has 3 fully saturated rings. The van der Waals surface area contributed by atoms with Gasteiger partial charge in [-0.3, -0.25) is 24.5 Å². The highest BCUT2D eigenvalue weighted by Gasteiger charge is 2.45. The summed E-state index contributed by atoms with van der Waals surface area (Å²) in [6.45, 7) is 1.66. The van der Waals surface area contributed by atoms with Crippen molar-refractivity contribution in [2.75, 3.05) is 0 Å². The third-order valence-corrected chi connectivity index (χ3v) is 5.42. The first kappa shape index (κ1) is 17.9. The molecule has 0 aromatic rings. The van der Waals surface area contributed by atoms with Crippen LogP contribution >= 0.6 is 0 Å². The van der Waals surface area contributed by atoms with Crippen LogP contribution in [0.3, 0.4) is 0 Å². The molecule has 7 heteroatoms. The fraction of sp³-hybridized carbons (Fsp3) is 0.778. The molecule has 4 amide bonds. The molecule has 2 saturated carbocycles. The predicted octanol–water partition coefficient (Wildman–Crippen LogP) is 0.868. The lowest BCUT2D eigenvalue weighted by atomic mass is 9.87. The van der Waals surface area contributed by atoms with E-state index in [1.54, 1.807) is 6.92 Å². The highest BCUT2D eigenvalue weighted by molar-refractivity contribution is 6.07. The van der Waals surface area contributed by atoms with Gasteiger partial charge in [0.2, 0.25) is 23.6 Å². The average Bonchev–Trinajstić information content (AvgIpc) is 3.34. The van der Waals surface area contributed by atoms with Crippen LogP contribution in [0, 0.1) is 5.92 Å². The second-order valence-electron chi connectivity index (χ2n) is 7.61. The highest BCUT2D eigenvalue weighted by atomic mass is 16.2. The van der Waals surface area contributed by atoms with Crippen molar-refractivity contribution in [1.82, 2.24) is 15.5 Å². The third kappa shape index (κ3) is 4.38. The Morgan fingerprint density at radius 1 is 1.16 bits per heavy atom. The van der Waals surface area contributed by atoms with Gasteiger partial charge in [0.05, 0.1) is 6.42 Å². The first-order valence-corrected chi connectivity index (χ1v) is 9.41. The lowest BCUT2D eigenvalue weighted by Crippen LogP contribution is -2.53. The van der Waals surface area contributed by atoms with Crippen molar-refractivity contribution < 1.29 is 19.2 Å². The number of hydrogen-bond acceptors (Lipinski definition) is 4. The minimum atomic E-state index is -0.731. The van der Waals surface area contributed by atoms with Gasteiger partial charge in [0.15, 0.2) is 0 Å². The van der Waals surface area contributed by atoms with Gasteiger partial charge in [-0.25, -0.2) is 0 Å². The van der Waals surface area contributed by atoms with Crippen LogP contribution in [0.2, 0.25) is 0 Å². The van der Waals surface area contributed by atoms with E-state index < -0.39 is 18.0 Å². The van der Waals surface area contributed by atoms with E-state index in [9.17, 15) is 19.2 Å². The van der Waals surface area contributed by atoms with Crippen LogP contribution in [0.5, 0.6) is 0 Å². The van der Waals surface area contributed by atoms with Gasteiger partial charge < -0.3 is 10.2 Å². The Morgan fingerprint density at radius 2 is 1.84 bits per heavy atom. The molecule has 25 heavy (non-hydrogen) atoms. The van der Waals surface area contributed by atoms with Gasteiger partial charge in [0.25, 0.3) is 0 Å². The number of nitrogens with one attached hydrogen (secondary N) is 2. The summed E-state index contributed by atoms with van der Waals surface area (Å²) >= 11 is 0. The molecule has 1 heterocycles. The molecule has 3 rings (SSSR count). The Morgan fingerprint density at radius 3 is 2.40 bits per heavy atom. The molecular formula is C18H27N3O4. The van der Waals surface area contributed by atoms with E-state index in [1.807, 2.05) is 0 Å². The number of rotatable bonds is 6. The molecule has 0 spiro atoms. The molecule has 1 aliphatic heterocycles. The van der Waals surface area contributed by atoms with Crippen LogP contribution < -0.4 is 10.6 Å². The minimum absolute atomic E-state index is 0.00634. The van der Waals surface area contributed by atoms with Gasteiger partial charge in [-0.1, -0.05) is 19.3 Å². The Balaban J connectivity index is 1.56. The molecule has 0 radical (unpaired) electrons. The first-order valence-electron chi connectivity index (χ1n) is 9.41. The molecule has 0 unspecified atom stereocenters. The minimum Gasteiger partial charge on any atom is -0.345 e. The van der Waals surface area contributed by atoms with E-state index in [1.165, 1.54) is 24.2 Å². The lowest BCUT2D eigenvalue weighted by molar-refractivity contribution is -0.142. The maximum Gasteiger partial charge on any atom is 0.249 e. The highest BCUT2D eigenvalue weighted by Crippen LogP contribution is 2.31. The summed E-state index contributed by atoms with van der Waals surface area (Å²) in [5.74, 6) is -0.716. The van der Waals surface area contributed by atoms with Crippen LogP contribution in [-0.4, -0.2) is 46.7 Å². The number of hydrogen-bond donors (Lipinski definition) is 2. The number of imide groups is 1. The van der Waals surface area contributed by atoms with Crippen LogP contribution in [0.4, 0.5) is 0 Å². The van der Waals surface area contributed by atoms with Gasteiger partial charge in [0, 0.05) is 12.5 Å². The Bertz CT molecular complexity index is 567. The molecule has 2 N–H and O–H groups in total. The Kier molecular flexibility index (Phi) is 5.39. The smallest absolute Gasteiger partial charge is 0.249 e. The topological polar surface area (TPSA) is 95.6 Å². The van der Waals surface area contributed by atoms with Gasteiger partial charge >= 0.3 is 0 Å². The summed E-state index contributed by atoms with van der Waals surface area (Å²) in [6.07, 6.45) is 7.90. The summed E-state index contributed by atoms with van der Waals surface area (Å²) < 4.78 is 0. The Labute approximate surface area is 147 Å². The SMILES string of the molecule is C[C@@H](NC(=O)CC1CCCCC1)C(=O)N(C1CC1)[C@H]1CC(=O)NC1=O. The van der Waals surface area contributed by atoms with E-state index in [0.717, 1.165) is 25.7 Å². The standard InChI is InChI=1S/C18H27N3O4/c1-11(19-15(22)9-12-5-3-2-4-6-12)18(25)21(13-7-8-13)14-10-16(23)20-17(14)24/h11-14H,2-10H2,1H3,(H,19,22)(H,20,23,24)/t11-,14+/m1/s1. The van der Waals surface area contributed by atoms with Crippen LogP contribution in [-0.2, 0) is 19.2 Å². The molecule has 0 aromatic heterocycles. The van der Waals surface area contributed by atoms with Crippen molar-refractivity contribution in [1.29, 1.82) is 0 Å². The number of nitrogens with zero attached hydrogens (tertiary/aromatic N) is 1. The van der Waals surface area contributed by atoms with Crippen molar-refractivity contribution in [2.24, 2.45) is 5.92 Å². The van der Waals surface area contributed by atoms with Crippen LogP contribution in [0.25, 0.3) is 0 Å². The van der Waals surface area contributed by atoms with E-state index in [2.05, 4.69) is 10.6 Å². The molecular weight excluding hydrogens is 322 g/mol. The summed E-state index contributed by atoms with van der Waals surface area (Å²) in [5.41, 5.74) is 0. The normalized spacial score (nSPS) is 25.4. The second kappa shape index (κ2) is 7.54. The van der Waals surface area contributed by atoms with Crippen LogP contribution in [0.15, 0.2) is 0 Å². The largest absolute Gasteiger partial charge is 0.345 e. The fourth-order valence-corrected chi connectivity index (χ4v) is 3.94. The first-order chi connectivity index (χ1) is 12.0. The van der Waals surface area contributed by atoms with Crippen molar-refractivity contribution >= 4 is 23.6 Å². The van der Waals surface area contributed by atoms with Crippen molar-refractivity contribution in [3.63, 3.8) is 0 Å². The molecule has 138 valence electrons. The van der Waals surface area contributed by atoms with Crippen molar-refractivity contribution in [2.45, 2.75) is 82.8 Å². The zero-order valence-corrected chi connectivity index (χ0v) is 14.8. The van der Waals surface area contributed by atoms with Gasteiger partial charge in [-0.15, -0.1) is 0 Å². The summed E-state index contributed by atoms with van der Waals surface area (Å²) in [4.78, 5) is 50.0. The van der Waals surface area contributed by atoms with E-state index in [-0.39, 0.29) is 30.2 Å². The predicted molar refractivity (Wildman–Crippen MR) is 90.2 cm³/mol. The molecule has 0 aromatic carbocycles. The molecule has 0 bridgehead atoms. The van der Waals surface area contributed by atoms with Crippen molar-refractivity contribution in [3.8, 4) is 0 Å². The van der Waals surface area contributed by atoms with Gasteiger partial charge in [-0.2, -0.15) is 0 Å². The second-order valence-corrected chi connectivity index (χ2v) is 7.61. The quantitative estimate of drug-likeness (QED) is 0.696. The average molecular weight is 349 g/mol. The van der Waals surface area contributed by atoms with Gasteiger partial charge in [-0.05, 0) is 38.5 Å². The molecule has 2 aliphatic carbocycles. The van der Waals surface area contributed by atoms with Crippen LogP contribution in [0.1, 0.15) is 64.7 Å². The monoisotopic (exact) mass is 349 g/mol. The number of amides is 4. The summed E-state index contributed by atoms with van der Waals surface area (Å²) in [7, 11) is 0. The fourth-order valence-electron chi connectivity index (χ4n) is 3.94. The lowest BCUT2D eigenvalue weighted by Gasteiger charge is -2.30. The summed E-state index contributed by atoms with van der Waals surface area (Å²) in [6, 6.07) is -1.41. The summed E-state index contributed by atoms with van der Waals surface area (Å²) in [5, 5.41) is 5.05. The van der Waals surface area contributed by atoms with Crippen molar-refractivity contribution in [3.05, 3.63) is 0 Å². The maximum absolute atomic E-state index is 12.8. The molecule has 2 atom stereocenters. The number of carbonyl (C=O) groups excluding carboxylic acids is 4. The zero-order valence-electron chi connectivity index (χ0n) is 14.8. The molecule has 7 nitrogen and oxygen atoms in total. The number of carbonyl (C=O) groups is 4. The zero-order chi connectivity index (χ0) is 18.0. The maximum atomic E-state index is 12.8. The molecule has 3 aliphatic rings. The van der Waals surface area contributed by atoms with E-state index in [0.29, 0.717) is 12.3 Å². The molecule has 1 saturated heterocycles.